The van der Waals surface area contributed by atoms with Crippen LogP contribution in [-0.2, 0) is 6.42 Å². The van der Waals surface area contributed by atoms with E-state index in [9.17, 15) is 5.11 Å². The van der Waals surface area contributed by atoms with E-state index in [1.807, 2.05) is 12.1 Å². The van der Waals surface area contributed by atoms with Crippen LogP contribution >= 0.6 is 0 Å². The van der Waals surface area contributed by atoms with E-state index in [1.165, 1.54) is 5.56 Å². The average molecular weight is 220 g/mol. The molecule has 0 bridgehead atoms. The minimum absolute atomic E-state index is 0.101. The van der Waals surface area contributed by atoms with Gasteiger partial charge in [-0.1, -0.05) is 58.9 Å². The third-order valence-corrected chi connectivity index (χ3v) is 2.73. The molecule has 0 aromatic heterocycles. The summed E-state index contributed by atoms with van der Waals surface area (Å²) in [5.74, 6) is 0.655. The number of hydrogen-bond acceptors (Lipinski definition) is 1. The van der Waals surface area contributed by atoms with Gasteiger partial charge in [0.1, 0.15) is 0 Å². The predicted octanol–water partition coefficient (Wildman–Crippen LogP) is 3.96. The second kappa shape index (κ2) is 5.01. The Labute approximate surface area is 99.5 Å². The molecule has 1 aromatic carbocycles. The molecule has 0 saturated carbocycles. The summed E-state index contributed by atoms with van der Waals surface area (Å²) in [7, 11) is 0. The molecule has 0 aliphatic rings. The van der Waals surface area contributed by atoms with Crippen LogP contribution < -0.4 is 0 Å². The van der Waals surface area contributed by atoms with Gasteiger partial charge in [-0.15, -0.1) is 0 Å². The molecule has 1 heteroatoms. The first-order chi connectivity index (χ1) is 7.30. The molecule has 1 rings (SSSR count). The van der Waals surface area contributed by atoms with Crippen LogP contribution in [0.5, 0.6) is 0 Å². The topological polar surface area (TPSA) is 20.2 Å². The molecule has 0 saturated heterocycles. The maximum atomic E-state index is 10.2. The Balaban J connectivity index is 2.90. The van der Waals surface area contributed by atoms with Crippen LogP contribution in [0, 0.1) is 11.3 Å². The summed E-state index contributed by atoms with van der Waals surface area (Å²) in [6.07, 6.45) is 0.685. The lowest BCUT2D eigenvalue weighted by molar-refractivity contribution is 0.0626. The standard InChI is InChI=1S/C15H24O/c1-11(2)9-12-7-6-8-13(10-12)14(16)15(3,4)5/h6-8,10-11,14,16H,9H2,1-5H3. The minimum atomic E-state index is -0.389. The van der Waals surface area contributed by atoms with E-state index in [0.29, 0.717) is 5.92 Å². The zero-order chi connectivity index (χ0) is 12.3. The Hall–Kier alpha value is -0.820. The maximum absolute atomic E-state index is 10.2. The number of benzene rings is 1. The van der Waals surface area contributed by atoms with Crippen molar-refractivity contribution < 1.29 is 5.11 Å². The van der Waals surface area contributed by atoms with Gasteiger partial charge in [-0.3, -0.25) is 0 Å². The molecular weight excluding hydrogens is 196 g/mol. The Morgan fingerprint density at radius 1 is 1.19 bits per heavy atom. The van der Waals surface area contributed by atoms with Crippen LogP contribution in [0.4, 0.5) is 0 Å². The van der Waals surface area contributed by atoms with Crippen LogP contribution in [-0.4, -0.2) is 5.11 Å². The van der Waals surface area contributed by atoms with E-state index in [1.54, 1.807) is 0 Å². The molecular formula is C15H24O. The first kappa shape index (κ1) is 13.2. The van der Waals surface area contributed by atoms with Gasteiger partial charge in [-0.05, 0) is 28.9 Å². The largest absolute Gasteiger partial charge is 0.388 e. The van der Waals surface area contributed by atoms with Gasteiger partial charge in [0.2, 0.25) is 0 Å². The Bertz CT molecular complexity index is 334. The van der Waals surface area contributed by atoms with Crippen LogP contribution in [0.25, 0.3) is 0 Å². The number of aliphatic hydroxyl groups excluding tert-OH is 1. The van der Waals surface area contributed by atoms with Crippen molar-refractivity contribution in [2.45, 2.75) is 47.1 Å². The molecule has 90 valence electrons. The third kappa shape index (κ3) is 3.64. The van der Waals surface area contributed by atoms with Gasteiger partial charge in [0.25, 0.3) is 0 Å². The normalized spacial score (nSPS) is 14.2. The summed E-state index contributed by atoms with van der Waals surface area (Å²) in [5, 5.41) is 10.2. The van der Waals surface area contributed by atoms with Crippen molar-refractivity contribution in [3.63, 3.8) is 0 Å². The molecule has 1 atom stereocenters. The van der Waals surface area contributed by atoms with Gasteiger partial charge in [0, 0.05) is 0 Å². The highest BCUT2D eigenvalue weighted by Gasteiger charge is 2.23. The van der Waals surface area contributed by atoms with E-state index in [4.69, 9.17) is 0 Å². The Morgan fingerprint density at radius 2 is 1.81 bits per heavy atom. The lowest BCUT2D eigenvalue weighted by Crippen LogP contribution is -2.17. The molecule has 0 spiro atoms. The molecule has 0 radical (unpaired) electrons. The molecule has 0 fully saturated rings. The summed E-state index contributed by atoms with van der Waals surface area (Å²) in [5.41, 5.74) is 2.25. The minimum Gasteiger partial charge on any atom is -0.388 e. The van der Waals surface area contributed by atoms with Crippen LogP contribution in [0.1, 0.15) is 51.8 Å². The first-order valence-corrected chi connectivity index (χ1v) is 6.07. The average Bonchev–Trinajstić information content (AvgIpc) is 2.14. The summed E-state index contributed by atoms with van der Waals surface area (Å²) in [6, 6.07) is 8.33. The maximum Gasteiger partial charge on any atom is 0.0838 e. The van der Waals surface area contributed by atoms with Gasteiger partial charge >= 0.3 is 0 Å². The van der Waals surface area contributed by atoms with Crippen molar-refractivity contribution in [2.24, 2.45) is 11.3 Å². The van der Waals surface area contributed by atoms with Crippen LogP contribution in [0.3, 0.4) is 0 Å². The van der Waals surface area contributed by atoms with Crippen molar-refractivity contribution in [3.8, 4) is 0 Å². The third-order valence-electron chi connectivity index (χ3n) is 2.73. The molecule has 1 N–H and O–H groups in total. The Kier molecular flexibility index (Phi) is 4.15. The summed E-state index contributed by atoms with van der Waals surface area (Å²) in [4.78, 5) is 0. The van der Waals surface area contributed by atoms with Gasteiger partial charge in [0.15, 0.2) is 0 Å². The van der Waals surface area contributed by atoms with E-state index >= 15 is 0 Å². The lowest BCUT2D eigenvalue weighted by atomic mass is 9.84. The number of aliphatic hydroxyl groups is 1. The fourth-order valence-electron chi connectivity index (χ4n) is 1.86. The monoisotopic (exact) mass is 220 g/mol. The van der Waals surface area contributed by atoms with Crippen molar-refractivity contribution in [3.05, 3.63) is 35.4 Å². The van der Waals surface area contributed by atoms with Crippen molar-refractivity contribution >= 4 is 0 Å². The lowest BCUT2D eigenvalue weighted by Gasteiger charge is -2.26. The Morgan fingerprint density at radius 3 is 2.31 bits per heavy atom. The van der Waals surface area contributed by atoms with Crippen LogP contribution in [0.2, 0.25) is 0 Å². The fraction of sp³-hybridized carbons (Fsp3) is 0.600. The van der Waals surface area contributed by atoms with E-state index < -0.39 is 0 Å². The highest BCUT2D eigenvalue weighted by Crippen LogP contribution is 2.32. The molecule has 1 unspecified atom stereocenters. The molecule has 0 aliphatic carbocycles. The van der Waals surface area contributed by atoms with Gasteiger partial charge in [0.05, 0.1) is 6.10 Å². The quantitative estimate of drug-likeness (QED) is 0.817. The van der Waals surface area contributed by atoms with Crippen molar-refractivity contribution in [1.29, 1.82) is 0 Å². The fourth-order valence-corrected chi connectivity index (χ4v) is 1.86. The molecule has 0 heterocycles. The smallest absolute Gasteiger partial charge is 0.0838 e. The SMILES string of the molecule is CC(C)Cc1cccc(C(O)C(C)(C)C)c1. The van der Waals surface area contributed by atoms with E-state index in [2.05, 4.69) is 46.8 Å². The summed E-state index contributed by atoms with van der Waals surface area (Å²) >= 11 is 0. The summed E-state index contributed by atoms with van der Waals surface area (Å²) < 4.78 is 0. The molecule has 0 amide bonds. The van der Waals surface area contributed by atoms with E-state index in [0.717, 1.165) is 12.0 Å². The van der Waals surface area contributed by atoms with Gasteiger partial charge in [-0.25, -0.2) is 0 Å². The number of hydrogen-bond donors (Lipinski definition) is 1. The second-order valence-corrected chi connectivity index (χ2v) is 6.11. The van der Waals surface area contributed by atoms with Gasteiger partial charge in [-0.2, -0.15) is 0 Å². The molecule has 0 aliphatic heterocycles. The van der Waals surface area contributed by atoms with Crippen LogP contribution in [0.15, 0.2) is 24.3 Å². The predicted molar refractivity (Wildman–Crippen MR) is 69.4 cm³/mol. The van der Waals surface area contributed by atoms with Crippen molar-refractivity contribution in [2.75, 3.05) is 0 Å². The zero-order valence-electron chi connectivity index (χ0n) is 11.1. The number of rotatable bonds is 3. The highest BCUT2D eigenvalue weighted by molar-refractivity contribution is 5.26. The van der Waals surface area contributed by atoms with Gasteiger partial charge < -0.3 is 5.11 Å². The molecule has 1 nitrogen and oxygen atoms in total. The summed E-state index contributed by atoms with van der Waals surface area (Å²) in [6.45, 7) is 10.6. The zero-order valence-corrected chi connectivity index (χ0v) is 11.1. The molecule has 16 heavy (non-hydrogen) atoms. The molecule has 1 aromatic rings. The van der Waals surface area contributed by atoms with Crippen molar-refractivity contribution in [1.82, 2.24) is 0 Å². The first-order valence-electron chi connectivity index (χ1n) is 6.07. The van der Waals surface area contributed by atoms with E-state index in [-0.39, 0.29) is 11.5 Å². The second-order valence-electron chi connectivity index (χ2n) is 6.11. The highest BCUT2D eigenvalue weighted by atomic mass is 16.3.